The van der Waals surface area contributed by atoms with Gasteiger partial charge in [0.05, 0.1) is 32.6 Å². The number of anilines is 1. The van der Waals surface area contributed by atoms with Crippen LogP contribution in [0.25, 0.3) is 5.69 Å². The van der Waals surface area contributed by atoms with Gasteiger partial charge < -0.3 is 14.8 Å². The Morgan fingerprint density at radius 2 is 2.00 bits per heavy atom. The smallest absolute Gasteiger partial charge is 0.256 e. The highest BCUT2D eigenvalue weighted by Gasteiger charge is 2.15. The number of methoxy groups -OCH3 is 2. The van der Waals surface area contributed by atoms with E-state index in [0.717, 1.165) is 16.8 Å². The van der Waals surface area contributed by atoms with Gasteiger partial charge in [-0.05, 0) is 47.2 Å². The minimum Gasteiger partial charge on any atom is -0.493 e. The number of ether oxygens (including phenoxy) is 2. The van der Waals surface area contributed by atoms with Crippen LogP contribution in [0.3, 0.4) is 0 Å². The van der Waals surface area contributed by atoms with E-state index in [-0.39, 0.29) is 5.91 Å². The number of amides is 1. The van der Waals surface area contributed by atoms with E-state index >= 15 is 0 Å². The van der Waals surface area contributed by atoms with E-state index in [4.69, 9.17) is 9.47 Å². The molecular formula is C21H21N7O3. The number of rotatable bonds is 7. The Balaban J connectivity index is 1.54. The second kappa shape index (κ2) is 8.66. The molecular weight excluding hydrogens is 398 g/mol. The third kappa shape index (κ3) is 4.08. The van der Waals surface area contributed by atoms with Crippen LogP contribution in [0.1, 0.15) is 21.5 Å². The molecule has 4 aromatic rings. The summed E-state index contributed by atoms with van der Waals surface area (Å²) < 4.78 is 14.1. The average Bonchev–Trinajstić information content (AvgIpc) is 3.46. The minimum atomic E-state index is -0.245. The van der Waals surface area contributed by atoms with E-state index in [0.29, 0.717) is 29.4 Å². The summed E-state index contributed by atoms with van der Waals surface area (Å²) in [6, 6.07) is 12.7. The molecule has 0 saturated carbocycles. The van der Waals surface area contributed by atoms with Gasteiger partial charge in [0.15, 0.2) is 11.5 Å². The standard InChI is InChI=1S/C21H21N7O3/c1-14-11-15(7-8-17(14)28-13-22-25-26-28)21(29)24-19-9-10-23-27(19)12-16-5-4-6-18(30-2)20(16)31-3/h4-11,13H,12H2,1-3H3,(H,24,29). The van der Waals surface area contributed by atoms with Crippen molar-refractivity contribution in [2.75, 3.05) is 19.5 Å². The van der Waals surface area contributed by atoms with Gasteiger partial charge in [-0.1, -0.05) is 12.1 Å². The molecule has 31 heavy (non-hydrogen) atoms. The van der Waals surface area contributed by atoms with E-state index < -0.39 is 0 Å². The summed E-state index contributed by atoms with van der Waals surface area (Å²) in [7, 11) is 3.18. The average molecular weight is 419 g/mol. The van der Waals surface area contributed by atoms with Crippen molar-refractivity contribution >= 4 is 11.7 Å². The lowest BCUT2D eigenvalue weighted by Crippen LogP contribution is -2.17. The van der Waals surface area contributed by atoms with Gasteiger partial charge in [0, 0.05) is 17.2 Å². The Morgan fingerprint density at radius 3 is 2.71 bits per heavy atom. The molecule has 2 aromatic heterocycles. The lowest BCUT2D eigenvalue weighted by Gasteiger charge is -2.14. The van der Waals surface area contributed by atoms with Crippen LogP contribution in [-0.4, -0.2) is 50.1 Å². The van der Waals surface area contributed by atoms with Crippen molar-refractivity contribution in [1.82, 2.24) is 30.0 Å². The molecule has 10 heteroatoms. The highest BCUT2D eigenvalue weighted by Crippen LogP contribution is 2.31. The molecule has 4 rings (SSSR count). The summed E-state index contributed by atoms with van der Waals surface area (Å²) in [6.45, 7) is 2.30. The Kier molecular flexibility index (Phi) is 5.61. The molecule has 0 spiro atoms. The SMILES string of the molecule is COc1cccc(Cn2nccc2NC(=O)c2ccc(-n3cnnn3)c(C)c2)c1OC. The van der Waals surface area contributed by atoms with Crippen molar-refractivity contribution in [3.8, 4) is 17.2 Å². The van der Waals surface area contributed by atoms with E-state index in [9.17, 15) is 4.79 Å². The molecule has 0 aliphatic rings. The second-order valence-electron chi connectivity index (χ2n) is 6.74. The first-order valence-corrected chi connectivity index (χ1v) is 9.47. The largest absolute Gasteiger partial charge is 0.493 e. The zero-order valence-corrected chi connectivity index (χ0v) is 17.3. The number of carbonyl (C=O) groups is 1. The molecule has 2 aromatic carbocycles. The van der Waals surface area contributed by atoms with E-state index in [1.165, 1.54) is 6.33 Å². The molecule has 0 atom stereocenters. The maximum absolute atomic E-state index is 12.8. The van der Waals surface area contributed by atoms with Crippen LogP contribution >= 0.6 is 0 Å². The molecule has 158 valence electrons. The molecule has 2 heterocycles. The predicted octanol–water partition coefficient (Wildman–Crippen LogP) is 2.49. The van der Waals surface area contributed by atoms with Crippen LogP contribution in [0.15, 0.2) is 55.0 Å². The molecule has 0 radical (unpaired) electrons. The topological polar surface area (TPSA) is 109 Å². The van der Waals surface area contributed by atoms with Crippen LogP contribution in [0.5, 0.6) is 11.5 Å². The van der Waals surface area contributed by atoms with Crippen LogP contribution in [0.2, 0.25) is 0 Å². The van der Waals surface area contributed by atoms with E-state index in [2.05, 4.69) is 25.9 Å². The molecule has 1 amide bonds. The Labute approximate surface area is 178 Å². The van der Waals surface area contributed by atoms with Crippen LogP contribution < -0.4 is 14.8 Å². The number of aromatic nitrogens is 6. The summed E-state index contributed by atoms with van der Waals surface area (Å²) in [5.41, 5.74) is 3.06. The number of aryl methyl sites for hydroxylation is 1. The number of benzene rings is 2. The van der Waals surface area contributed by atoms with Crippen LogP contribution in [-0.2, 0) is 6.54 Å². The minimum absolute atomic E-state index is 0.245. The molecule has 1 N–H and O–H groups in total. The maximum Gasteiger partial charge on any atom is 0.256 e. The second-order valence-corrected chi connectivity index (χ2v) is 6.74. The lowest BCUT2D eigenvalue weighted by molar-refractivity contribution is 0.102. The van der Waals surface area contributed by atoms with Crippen molar-refractivity contribution in [2.45, 2.75) is 13.5 Å². The van der Waals surface area contributed by atoms with Crippen molar-refractivity contribution < 1.29 is 14.3 Å². The monoisotopic (exact) mass is 419 g/mol. The van der Waals surface area contributed by atoms with Gasteiger partial charge in [0.2, 0.25) is 0 Å². The van der Waals surface area contributed by atoms with Crippen molar-refractivity contribution in [3.63, 3.8) is 0 Å². The normalized spacial score (nSPS) is 10.7. The first-order valence-electron chi connectivity index (χ1n) is 9.47. The fourth-order valence-electron chi connectivity index (χ4n) is 3.32. The van der Waals surface area contributed by atoms with Gasteiger partial charge in [-0.15, -0.1) is 5.10 Å². The van der Waals surface area contributed by atoms with Crippen LogP contribution in [0.4, 0.5) is 5.82 Å². The summed E-state index contributed by atoms with van der Waals surface area (Å²) in [5, 5.41) is 18.4. The summed E-state index contributed by atoms with van der Waals surface area (Å²) in [4.78, 5) is 12.8. The van der Waals surface area contributed by atoms with Gasteiger partial charge in [0.25, 0.3) is 5.91 Å². The van der Waals surface area contributed by atoms with Crippen molar-refractivity contribution in [3.05, 3.63) is 71.7 Å². The predicted molar refractivity (Wildman–Crippen MR) is 113 cm³/mol. The molecule has 10 nitrogen and oxygen atoms in total. The number of tetrazole rings is 1. The van der Waals surface area contributed by atoms with Gasteiger partial charge in [-0.2, -0.15) is 5.10 Å². The van der Waals surface area contributed by atoms with Crippen molar-refractivity contribution in [2.24, 2.45) is 0 Å². The van der Waals surface area contributed by atoms with Crippen LogP contribution in [0, 0.1) is 6.92 Å². The quantitative estimate of drug-likeness (QED) is 0.490. The summed E-state index contributed by atoms with van der Waals surface area (Å²) in [6.07, 6.45) is 3.14. The summed E-state index contributed by atoms with van der Waals surface area (Å²) >= 11 is 0. The molecule has 0 unspecified atom stereocenters. The first kappa shape index (κ1) is 20.1. The number of hydrogen-bond donors (Lipinski definition) is 1. The lowest BCUT2D eigenvalue weighted by atomic mass is 10.1. The Hall–Kier alpha value is -4.21. The van der Waals surface area contributed by atoms with Gasteiger partial charge in [0.1, 0.15) is 12.1 Å². The zero-order valence-electron chi connectivity index (χ0n) is 17.3. The fourth-order valence-corrected chi connectivity index (χ4v) is 3.32. The van der Waals surface area contributed by atoms with Gasteiger partial charge >= 0.3 is 0 Å². The summed E-state index contributed by atoms with van der Waals surface area (Å²) in [5.74, 6) is 1.59. The third-order valence-corrected chi connectivity index (χ3v) is 4.82. The first-order chi connectivity index (χ1) is 15.1. The Bertz CT molecular complexity index is 1200. The van der Waals surface area contributed by atoms with Gasteiger partial charge in [-0.3, -0.25) is 4.79 Å². The molecule has 0 aliphatic carbocycles. The zero-order chi connectivity index (χ0) is 21.8. The molecule has 0 saturated heterocycles. The number of hydrogen-bond acceptors (Lipinski definition) is 7. The number of nitrogens with zero attached hydrogens (tertiary/aromatic N) is 6. The number of carbonyl (C=O) groups excluding carboxylic acids is 1. The fraction of sp³-hybridized carbons (Fsp3) is 0.190. The molecule has 0 aliphatic heterocycles. The highest BCUT2D eigenvalue weighted by atomic mass is 16.5. The highest BCUT2D eigenvalue weighted by molar-refractivity contribution is 6.04. The van der Waals surface area contributed by atoms with E-state index in [1.807, 2.05) is 25.1 Å². The molecule has 0 fully saturated rings. The number of para-hydroxylation sites is 1. The maximum atomic E-state index is 12.8. The molecule has 0 bridgehead atoms. The van der Waals surface area contributed by atoms with Crippen molar-refractivity contribution in [1.29, 1.82) is 0 Å². The van der Waals surface area contributed by atoms with Gasteiger partial charge in [-0.25, -0.2) is 9.36 Å². The third-order valence-electron chi connectivity index (χ3n) is 4.82. The van der Waals surface area contributed by atoms with E-state index in [1.54, 1.807) is 54.0 Å². The number of nitrogens with one attached hydrogen (secondary N) is 1. The Morgan fingerprint density at radius 1 is 1.13 bits per heavy atom.